The molecule has 0 bridgehead atoms. The molecule has 1 aliphatic carbocycles. The Morgan fingerprint density at radius 2 is 2.12 bits per heavy atom. The van der Waals surface area contributed by atoms with E-state index in [0.717, 1.165) is 4.47 Å². The van der Waals surface area contributed by atoms with Gasteiger partial charge in [0.25, 0.3) is 5.91 Å². The second-order valence-electron chi connectivity index (χ2n) is 5.18. The Morgan fingerprint density at radius 3 is 2.71 bits per heavy atom. The van der Waals surface area contributed by atoms with Crippen LogP contribution in [0.2, 0.25) is 0 Å². The Bertz CT molecular complexity index is 453. The Balaban J connectivity index is 2.16. The van der Waals surface area contributed by atoms with E-state index >= 15 is 0 Å². The molecular weight excluding hydrogens is 280 g/mol. The number of hydrogen-bond acceptors (Lipinski definition) is 2. The van der Waals surface area contributed by atoms with Crippen LogP contribution in [0, 0.1) is 5.92 Å². The topological polar surface area (TPSA) is 55.1 Å². The maximum atomic E-state index is 12.2. The summed E-state index contributed by atoms with van der Waals surface area (Å²) < 4.78 is 0.862. The zero-order chi connectivity index (χ0) is 12.6. The van der Waals surface area contributed by atoms with Crippen molar-refractivity contribution in [1.29, 1.82) is 0 Å². The molecule has 3 N–H and O–H groups in total. The SMILES string of the molecule is CC(C)(NC(=O)c1cc(Br)ccc1N)C1CC1. The van der Waals surface area contributed by atoms with Crippen LogP contribution in [0.1, 0.15) is 37.0 Å². The normalized spacial score (nSPS) is 15.7. The van der Waals surface area contributed by atoms with E-state index in [4.69, 9.17) is 5.73 Å². The van der Waals surface area contributed by atoms with Gasteiger partial charge in [-0.1, -0.05) is 15.9 Å². The van der Waals surface area contributed by atoms with Gasteiger partial charge < -0.3 is 11.1 Å². The number of halogens is 1. The molecule has 0 heterocycles. The highest BCUT2D eigenvalue weighted by atomic mass is 79.9. The van der Waals surface area contributed by atoms with Crippen LogP contribution < -0.4 is 11.1 Å². The van der Waals surface area contributed by atoms with Gasteiger partial charge in [0.2, 0.25) is 0 Å². The molecule has 1 aromatic rings. The van der Waals surface area contributed by atoms with Crippen LogP contribution in [-0.2, 0) is 0 Å². The zero-order valence-electron chi connectivity index (χ0n) is 10.1. The largest absolute Gasteiger partial charge is 0.398 e. The second-order valence-corrected chi connectivity index (χ2v) is 6.10. The maximum absolute atomic E-state index is 12.2. The molecule has 2 rings (SSSR count). The van der Waals surface area contributed by atoms with E-state index in [-0.39, 0.29) is 11.4 Å². The minimum atomic E-state index is -0.147. The third-order valence-electron chi connectivity index (χ3n) is 3.29. The predicted octanol–water partition coefficient (Wildman–Crippen LogP) is 2.95. The van der Waals surface area contributed by atoms with E-state index in [2.05, 4.69) is 35.1 Å². The summed E-state index contributed by atoms with van der Waals surface area (Å²) in [7, 11) is 0. The fourth-order valence-electron chi connectivity index (χ4n) is 1.99. The average Bonchev–Trinajstić information content (AvgIpc) is 3.04. The fourth-order valence-corrected chi connectivity index (χ4v) is 2.35. The minimum absolute atomic E-state index is 0.0966. The van der Waals surface area contributed by atoms with E-state index in [1.54, 1.807) is 12.1 Å². The molecule has 1 amide bonds. The summed E-state index contributed by atoms with van der Waals surface area (Å²) in [6, 6.07) is 5.33. The molecule has 4 heteroatoms. The third-order valence-corrected chi connectivity index (χ3v) is 3.79. The van der Waals surface area contributed by atoms with Crippen molar-refractivity contribution < 1.29 is 4.79 Å². The lowest BCUT2D eigenvalue weighted by molar-refractivity contribution is 0.0904. The Hall–Kier alpha value is -1.03. The van der Waals surface area contributed by atoms with Gasteiger partial charge in [0.1, 0.15) is 0 Å². The number of nitrogens with two attached hydrogens (primary N) is 1. The molecule has 1 aromatic carbocycles. The molecule has 0 spiro atoms. The number of carbonyl (C=O) groups is 1. The third kappa shape index (κ3) is 2.80. The van der Waals surface area contributed by atoms with Gasteiger partial charge in [0.05, 0.1) is 5.56 Å². The molecule has 0 saturated heterocycles. The van der Waals surface area contributed by atoms with Crippen LogP contribution >= 0.6 is 15.9 Å². The van der Waals surface area contributed by atoms with Gasteiger partial charge in [0, 0.05) is 15.7 Å². The quantitative estimate of drug-likeness (QED) is 0.843. The molecule has 17 heavy (non-hydrogen) atoms. The second kappa shape index (κ2) is 4.33. The van der Waals surface area contributed by atoms with E-state index in [1.165, 1.54) is 12.8 Å². The van der Waals surface area contributed by atoms with Gasteiger partial charge in [-0.05, 0) is 50.8 Å². The smallest absolute Gasteiger partial charge is 0.253 e. The zero-order valence-corrected chi connectivity index (χ0v) is 11.7. The number of benzene rings is 1. The molecule has 0 aromatic heterocycles. The van der Waals surface area contributed by atoms with Crippen LogP contribution in [0.4, 0.5) is 5.69 Å². The van der Waals surface area contributed by atoms with Gasteiger partial charge in [-0.3, -0.25) is 4.79 Å². The lowest BCUT2D eigenvalue weighted by Gasteiger charge is -2.26. The van der Waals surface area contributed by atoms with Crippen LogP contribution in [0.3, 0.4) is 0 Å². The van der Waals surface area contributed by atoms with Gasteiger partial charge in [0.15, 0.2) is 0 Å². The molecular formula is C13H17BrN2O. The van der Waals surface area contributed by atoms with E-state index in [1.807, 2.05) is 6.07 Å². The molecule has 1 aliphatic rings. The number of rotatable bonds is 3. The minimum Gasteiger partial charge on any atom is -0.398 e. The molecule has 0 unspecified atom stereocenters. The highest BCUT2D eigenvalue weighted by molar-refractivity contribution is 9.10. The number of anilines is 1. The van der Waals surface area contributed by atoms with Crippen molar-refractivity contribution in [1.82, 2.24) is 5.32 Å². The first-order chi connectivity index (χ1) is 7.90. The van der Waals surface area contributed by atoms with E-state index in [9.17, 15) is 4.79 Å². The number of carbonyl (C=O) groups excluding carboxylic acids is 1. The average molecular weight is 297 g/mol. The Labute approximate surface area is 110 Å². The van der Waals surface area contributed by atoms with Crippen molar-refractivity contribution in [3.63, 3.8) is 0 Å². The summed E-state index contributed by atoms with van der Waals surface area (Å²) in [4.78, 5) is 12.2. The molecule has 0 radical (unpaired) electrons. The van der Waals surface area contributed by atoms with Crippen LogP contribution in [0.5, 0.6) is 0 Å². The van der Waals surface area contributed by atoms with Crippen molar-refractivity contribution in [2.24, 2.45) is 5.92 Å². The van der Waals surface area contributed by atoms with Crippen LogP contribution in [0.25, 0.3) is 0 Å². The van der Waals surface area contributed by atoms with Crippen molar-refractivity contribution in [3.05, 3.63) is 28.2 Å². The van der Waals surface area contributed by atoms with Gasteiger partial charge in [-0.25, -0.2) is 0 Å². The maximum Gasteiger partial charge on any atom is 0.253 e. The summed E-state index contributed by atoms with van der Waals surface area (Å²) in [5.41, 5.74) is 6.72. The van der Waals surface area contributed by atoms with Crippen LogP contribution in [-0.4, -0.2) is 11.4 Å². The monoisotopic (exact) mass is 296 g/mol. The summed E-state index contributed by atoms with van der Waals surface area (Å²) in [5, 5.41) is 3.06. The Kier molecular flexibility index (Phi) is 3.17. The molecule has 3 nitrogen and oxygen atoms in total. The van der Waals surface area contributed by atoms with Crippen molar-refractivity contribution in [3.8, 4) is 0 Å². The first-order valence-corrected chi connectivity index (χ1v) is 6.57. The van der Waals surface area contributed by atoms with Crippen molar-refractivity contribution >= 4 is 27.5 Å². The van der Waals surface area contributed by atoms with E-state index in [0.29, 0.717) is 17.2 Å². The number of amides is 1. The number of hydrogen-bond donors (Lipinski definition) is 2. The highest BCUT2D eigenvalue weighted by Crippen LogP contribution is 2.39. The Morgan fingerprint density at radius 1 is 1.47 bits per heavy atom. The van der Waals surface area contributed by atoms with Crippen molar-refractivity contribution in [2.45, 2.75) is 32.2 Å². The molecule has 1 fully saturated rings. The van der Waals surface area contributed by atoms with Gasteiger partial charge in [-0.15, -0.1) is 0 Å². The summed E-state index contributed by atoms with van der Waals surface area (Å²) in [5.74, 6) is 0.500. The standard InChI is InChI=1S/C13H17BrN2O/c1-13(2,8-3-4-8)16-12(17)10-7-9(14)5-6-11(10)15/h5-8H,3-4,15H2,1-2H3,(H,16,17). The first kappa shape index (κ1) is 12.4. The van der Waals surface area contributed by atoms with Crippen LogP contribution in [0.15, 0.2) is 22.7 Å². The lowest BCUT2D eigenvalue weighted by Crippen LogP contribution is -2.45. The molecule has 92 valence electrons. The van der Waals surface area contributed by atoms with Gasteiger partial charge in [-0.2, -0.15) is 0 Å². The van der Waals surface area contributed by atoms with Gasteiger partial charge >= 0.3 is 0 Å². The molecule has 0 aliphatic heterocycles. The number of nitrogens with one attached hydrogen (secondary N) is 1. The summed E-state index contributed by atoms with van der Waals surface area (Å²) >= 11 is 3.35. The summed E-state index contributed by atoms with van der Waals surface area (Å²) in [6.45, 7) is 4.13. The predicted molar refractivity (Wildman–Crippen MR) is 72.8 cm³/mol. The summed E-state index contributed by atoms with van der Waals surface area (Å²) in [6.07, 6.45) is 2.39. The number of nitrogen functional groups attached to an aromatic ring is 1. The first-order valence-electron chi connectivity index (χ1n) is 5.77. The molecule has 0 atom stereocenters. The molecule has 1 saturated carbocycles. The fraction of sp³-hybridized carbons (Fsp3) is 0.462. The van der Waals surface area contributed by atoms with E-state index < -0.39 is 0 Å². The van der Waals surface area contributed by atoms with Crippen molar-refractivity contribution in [2.75, 3.05) is 5.73 Å². The highest BCUT2D eigenvalue weighted by Gasteiger charge is 2.39. The lowest BCUT2D eigenvalue weighted by atomic mass is 9.98.